The lowest BCUT2D eigenvalue weighted by Gasteiger charge is -2.33. The van der Waals surface area contributed by atoms with E-state index in [2.05, 4.69) is 80.7 Å². The van der Waals surface area contributed by atoms with E-state index in [4.69, 9.17) is 0 Å². The maximum Gasteiger partial charge on any atom is 0.0379 e. The minimum atomic E-state index is 0.240. The number of rotatable bonds is 3. The summed E-state index contributed by atoms with van der Waals surface area (Å²) < 4.78 is 1.39. The standard InChI is InChI=1S/C14H22IN/c1-6-16-13(14(3,4)5)11-9-7-8-10(2)12(11)15/h7-9,13,16H,6H2,1-5H3. The highest BCUT2D eigenvalue weighted by Crippen LogP contribution is 2.35. The molecule has 90 valence electrons. The van der Waals surface area contributed by atoms with E-state index in [1.54, 1.807) is 0 Å². The second-order valence-corrected chi connectivity index (χ2v) is 6.41. The summed E-state index contributed by atoms with van der Waals surface area (Å²) in [7, 11) is 0. The molecule has 1 aromatic rings. The zero-order chi connectivity index (χ0) is 12.3. The summed E-state index contributed by atoms with van der Waals surface area (Å²) >= 11 is 2.46. The van der Waals surface area contributed by atoms with E-state index in [0.717, 1.165) is 6.54 Å². The molecule has 16 heavy (non-hydrogen) atoms. The SMILES string of the molecule is CCNC(c1cccc(C)c1I)C(C)(C)C. The Morgan fingerprint density at radius 1 is 1.31 bits per heavy atom. The van der Waals surface area contributed by atoms with Gasteiger partial charge in [0, 0.05) is 9.61 Å². The van der Waals surface area contributed by atoms with Crippen LogP contribution in [0, 0.1) is 15.9 Å². The molecule has 0 aliphatic carbocycles. The van der Waals surface area contributed by atoms with E-state index >= 15 is 0 Å². The van der Waals surface area contributed by atoms with Crippen molar-refractivity contribution in [3.8, 4) is 0 Å². The van der Waals surface area contributed by atoms with Crippen LogP contribution in [0.1, 0.15) is 44.9 Å². The maximum atomic E-state index is 3.60. The Kier molecular flexibility index (Phi) is 4.80. The number of benzene rings is 1. The molecule has 0 aromatic heterocycles. The molecular weight excluding hydrogens is 309 g/mol. The fourth-order valence-electron chi connectivity index (χ4n) is 1.98. The second-order valence-electron chi connectivity index (χ2n) is 5.33. The molecule has 0 aliphatic heterocycles. The Morgan fingerprint density at radius 2 is 1.94 bits per heavy atom. The van der Waals surface area contributed by atoms with Gasteiger partial charge in [0.15, 0.2) is 0 Å². The quantitative estimate of drug-likeness (QED) is 0.815. The van der Waals surface area contributed by atoms with Gasteiger partial charge in [0.05, 0.1) is 0 Å². The van der Waals surface area contributed by atoms with E-state index in [9.17, 15) is 0 Å². The number of halogens is 1. The van der Waals surface area contributed by atoms with Crippen molar-refractivity contribution in [3.05, 3.63) is 32.9 Å². The summed E-state index contributed by atoms with van der Waals surface area (Å²) in [4.78, 5) is 0. The van der Waals surface area contributed by atoms with Crippen LogP contribution >= 0.6 is 22.6 Å². The normalized spacial score (nSPS) is 13.9. The van der Waals surface area contributed by atoms with Crippen LogP contribution in [0.25, 0.3) is 0 Å². The molecule has 0 aliphatic rings. The third-order valence-corrected chi connectivity index (χ3v) is 4.28. The lowest BCUT2D eigenvalue weighted by molar-refractivity contribution is 0.276. The van der Waals surface area contributed by atoms with E-state index < -0.39 is 0 Å². The highest BCUT2D eigenvalue weighted by Gasteiger charge is 2.27. The summed E-state index contributed by atoms with van der Waals surface area (Å²) in [5, 5.41) is 3.60. The summed E-state index contributed by atoms with van der Waals surface area (Å²) in [6.07, 6.45) is 0. The Morgan fingerprint density at radius 3 is 2.44 bits per heavy atom. The van der Waals surface area contributed by atoms with E-state index in [-0.39, 0.29) is 5.41 Å². The molecule has 0 heterocycles. The predicted molar refractivity (Wildman–Crippen MR) is 79.8 cm³/mol. The summed E-state index contributed by atoms with van der Waals surface area (Å²) in [5.74, 6) is 0. The van der Waals surface area contributed by atoms with Gasteiger partial charge in [-0.15, -0.1) is 0 Å². The molecular formula is C14H22IN. The molecule has 1 rings (SSSR count). The zero-order valence-electron chi connectivity index (χ0n) is 10.9. The molecule has 0 amide bonds. The van der Waals surface area contributed by atoms with Crippen LogP contribution in [-0.4, -0.2) is 6.54 Å². The molecule has 1 atom stereocenters. The van der Waals surface area contributed by atoms with Gasteiger partial charge in [0.1, 0.15) is 0 Å². The van der Waals surface area contributed by atoms with Crippen molar-refractivity contribution < 1.29 is 0 Å². The van der Waals surface area contributed by atoms with Crippen LogP contribution in [0.2, 0.25) is 0 Å². The van der Waals surface area contributed by atoms with Gasteiger partial charge in [-0.2, -0.15) is 0 Å². The van der Waals surface area contributed by atoms with Crippen LogP contribution < -0.4 is 5.32 Å². The lowest BCUT2D eigenvalue weighted by atomic mass is 9.82. The maximum absolute atomic E-state index is 3.60. The Hall–Kier alpha value is -0.0900. The first kappa shape index (κ1) is 14.0. The summed E-state index contributed by atoms with van der Waals surface area (Å²) in [5.41, 5.74) is 3.03. The van der Waals surface area contributed by atoms with Gasteiger partial charge in [-0.1, -0.05) is 45.9 Å². The van der Waals surface area contributed by atoms with Crippen LogP contribution in [0.3, 0.4) is 0 Å². The fraction of sp³-hybridized carbons (Fsp3) is 0.571. The van der Waals surface area contributed by atoms with Gasteiger partial charge < -0.3 is 5.32 Å². The minimum Gasteiger partial charge on any atom is -0.310 e. The van der Waals surface area contributed by atoms with Crippen molar-refractivity contribution in [3.63, 3.8) is 0 Å². The average Bonchev–Trinajstić information content (AvgIpc) is 2.18. The smallest absolute Gasteiger partial charge is 0.0379 e. The molecule has 2 heteroatoms. The molecule has 1 nitrogen and oxygen atoms in total. The van der Waals surface area contributed by atoms with Crippen LogP contribution in [0.4, 0.5) is 0 Å². The van der Waals surface area contributed by atoms with Crippen LogP contribution in [0.15, 0.2) is 18.2 Å². The van der Waals surface area contributed by atoms with E-state index in [1.165, 1.54) is 14.7 Å². The van der Waals surface area contributed by atoms with Crippen molar-refractivity contribution in [2.45, 2.75) is 40.7 Å². The van der Waals surface area contributed by atoms with Crippen LogP contribution in [0.5, 0.6) is 0 Å². The van der Waals surface area contributed by atoms with Gasteiger partial charge >= 0.3 is 0 Å². The molecule has 1 aromatic carbocycles. The molecule has 1 unspecified atom stereocenters. The number of hydrogen-bond donors (Lipinski definition) is 1. The monoisotopic (exact) mass is 331 g/mol. The first-order valence-corrected chi connectivity index (χ1v) is 6.94. The summed E-state index contributed by atoms with van der Waals surface area (Å²) in [6, 6.07) is 7.00. The van der Waals surface area contributed by atoms with Crippen LogP contribution in [-0.2, 0) is 0 Å². The van der Waals surface area contributed by atoms with Gasteiger partial charge in [-0.3, -0.25) is 0 Å². The van der Waals surface area contributed by atoms with Crippen molar-refractivity contribution in [1.82, 2.24) is 5.32 Å². The van der Waals surface area contributed by atoms with Crippen molar-refractivity contribution in [1.29, 1.82) is 0 Å². The largest absolute Gasteiger partial charge is 0.310 e. The average molecular weight is 331 g/mol. The number of nitrogens with one attached hydrogen (secondary N) is 1. The first-order valence-electron chi connectivity index (χ1n) is 5.86. The molecule has 0 radical (unpaired) electrons. The minimum absolute atomic E-state index is 0.240. The number of aryl methyl sites for hydroxylation is 1. The molecule has 0 bridgehead atoms. The molecule has 0 saturated heterocycles. The Bertz CT molecular complexity index is 352. The van der Waals surface area contributed by atoms with Crippen molar-refractivity contribution in [2.75, 3.05) is 6.54 Å². The third-order valence-electron chi connectivity index (χ3n) is 2.81. The van der Waals surface area contributed by atoms with Gasteiger partial charge in [-0.25, -0.2) is 0 Å². The van der Waals surface area contributed by atoms with Gasteiger partial charge in [-0.05, 0) is 52.6 Å². The highest BCUT2D eigenvalue weighted by atomic mass is 127. The van der Waals surface area contributed by atoms with Gasteiger partial charge in [0.25, 0.3) is 0 Å². The predicted octanol–water partition coefficient (Wildman–Crippen LogP) is 4.30. The van der Waals surface area contributed by atoms with Gasteiger partial charge in [0.2, 0.25) is 0 Å². The lowest BCUT2D eigenvalue weighted by Crippen LogP contribution is -2.32. The fourth-order valence-corrected chi connectivity index (χ4v) is 2.65. The van der Waals surface area contributed by atoms with E-state index in [0.29, 0.717) is 6.04 Å². The Balaban J connectivity index is 3.16. The topological polar surface area (TPSA) is 12.0 Å². The summed E-state index contributed by atoms with van der Waals surface area (Å²) in [6.45, 7) is 12.2. The molecule has 0 fully saturated rings. The Labute approximate surface area is 113 Å². The first-order chi connectivity index (χ1) is 7.38. The highest BCUT2D eigenvalue weighted by molar-refractivity contribution is 14.1. The molecule has 0 spiro atoms. The zero-order valence-corrected chi connectivity index (χ0v) is 13.1. The third kappa shape index (κ3) is 3.20. The van der Waals surface area contributed by atoms with Crippen molar-refractivity contribution >= 4 is 22.6 Å². The van der Waals surface area contributed by atoms with Crippen molar-refractivity contribution in [2.24, 2.45) is 5.41 Å². The molecule has 0 saturated carbocycles. The number of hydrogen-bond acceptors (Lipinski definition) is 1. The van der Waals surface area contributed by atoms with E-state index in [1.807, 2.05) is 0 Å². The molecule has 1 N–H and O–H groups in total. The second kappa shape index (κ2) is 5.50.